The second-order valence-electron chi connectivity index (χ2n) is 8.74. The zero-order valence-electron chi connectivity index (χ0n) is 16.7. The first kappa shape index (κ1) is 19.4. The summed E-state index contributed by atoms with van der Waals surface area (Å²) in [6.07, 6.45) is 0.116. The van der Waals surface area contributed by atoms with Crippen molar-refractivity contribution in [3.8, 4) is 0 Å². The van der Waals surface area contributed by atoms with Crippen molar-refractivity contribution in [1.82, 2.24) is 0 Å². The van der Waals surface area contributed by atoms with Crippen LogP contribution in [-0.2, 0) is 4.74 Å². The van der Waals surface area contributed by atoms with Gasteiger partial charge in [-0.05, 0) is 21.0 Å². The van der Waals surface area contributed by atoms with E-state index in [1.807, 2.05) is 0 Å². The minimum absolute atomic E-state index is 0.0193. The fraction of sp³-hybridized carbons (Fsp3) is 0.280. The highest BCUT2D eigenvalue weighted by Gasteiger charge is 2.74. The van der Waals surface area contributed by atoms with Gasteiger partial charge in [-0.25, -0.2) is 0 Å². The molecule has 0 aromatic heterocycles. The average molecular weight is 407 g/mol. The molecule has 3 aromatic rings. The Morgan fingerprint density at radius 3 is 1.36 bits per heavy atom. The number of alkyl halides is 1. The molecule has 0 bridgehead atoms. The second kappa shape index (κ2) is 7.18. The third-order valence-electron chi connectivity index (χ3n) is 5.93. The molecule has 0 radical (unpaired) electrons. The molecule has 144 valence electrons. The van der Waals surface area contributed by atoms with Gasteiger partial charge in [0.05, 0.1) is 12.0 Å². The van der Waals surface area contributed by atoms with Crippen LogP contribution in [0, 0.1) is 5.41 Å². The highest BCUT2D eigenvalue weighted by Crippen LogP contribution is 2.52. The van der Waals surface area contributed by atoms with Crippen molar-refractivity contribution in [2.75, 3.05) is 5.88 Å². The van der Waals surface area contributed by atoms with Gasteiger partial charge in [-0.15, -0.1) is 11.6 Å². The van der Waals surface area contributed by atoms with E-state index in [0.717, 1.165) is 0 Å². The smallest absolute Gasteiger partial charge is 0.188 e. The molecule has 0 saturated carbocycles. The van der Waals surface area contributed by atoms with Gasteiger partial charge in [0, 0.05) is 0 Å². The van der Waals surface area contributed by atoms with E-state index in [1.54, 1.807) is 0 Å². The van der Waals surface area contributed by atoms with Crippen LogP contribution in [0.25, 0.3) is 0 Å². The predicted molar refractivity (Wildman–Crippen MR) is 122 cm³/mol. The van der Waals surface area contributed by atoms with E-state index in [-0.39, 0.29) is 16.7 Å². The van der Waals surface area contributed by atoms with Gasteiger partial charge in [0.25, 0.3) is 0 Å². The van der Waals surface area contributed by atoms with Crippen molar-refractivity contribution in [2.45, 2.75) is 32.1 Å². The van der Waals surface area contributed by atoms with E-state index >= 15 is 0 Å². The van der Waals surface area contributed by atoms with Crippen molar-refractivity contribution in [2.24, 2.45) is 5.41 Å². The van der Waals surface area contributed by atoms with E-state index in [0.29, 0.717) is 5.88 Å². The highest BCUT2D eigenvalue weighted by atomic mass is 35.5. The second-order valence-corrected chi connectivity index (χ2v) is 13.1. The Morgan fingerprint density at radius 1 is 0.750 bits per heavy atom. The van der Waals surface area contributed by atoms with Crippen LogP contribution >= 0.6 is 11.6 Å². The molecule has 1 heterocycles. The van der Waals surface area contributed by atoms with Gasteiger partial charge < -0.3 is 4.74 Å². The van der Waals surface area contributed by atoms with Gasteiger partial charge >= 0.3 is 0 Å². The third kappa shape index (κ3) is 2.86. The predicted octanol–water partition coefficient (Wildman–Crippen LogP) is 4.12. The van der Waals surface area contributed by atoms with Crippen LogP contribution in [0.4, 0.5) is 0 Å². The number of hydrogen-bond acceptors (Lipinski definition) is 1. The SMILES string of the molecule is CC(C)(C)C1OC1(CCl)[Si](c1ccccc1)(c1ccccc1)c1ccccc1. The lowest BCUT2D eigenvalue weighted by atomic mass is 9.90. The molecule has 0 aliphatic carbocycles. The summed E-state index contributed by atoms with van der Waals surface area (Å²) in [6, 6.07) is 32.7. The molecule has 1 nitrogen and oxygen atoms in total. The van der Waals surface area contributed by atoms with E-state index in [1.165, 1.54) is 15.6 Å². The molecule has 4 rings (SSSR count). The molecular weight excluding hydrogens is 380 g/mol. The van der Waals surface area contributed by atoms with Crippen LogP contribution in [0.5, 0.6) is 0 Å². The Morgan fingerprint density at radius 2 is 1.11 bits per heavy atom. The number of halogens is 1. The number of ether oxygens (including phenoxy) is 1. The molecule has 2 unspecified atom stereocenters. The molecule has 1 aliphatic rings. The number of rotatable bonds is 5. The monoisotopic (exact) mass is 406 g/mol. The molecule has 0 spiro atoms. The van der Waals surface area contributed by atoms with E-state index in [2.05, 4.69) is 112 Å². The zero-order valence-corrected chi connectivity index (χ0v) is 18.5. The summed E-state index contributed by atoms with van der Waals surface area (Å²) in [5, 5.41) is 3.66. The topological polar surface area (TPSA) is 12.5 Å². The zero-order chi connectivity index (χ0) is 19.8. The maximum absolute atomic E-state index is 6.80. The van der Waals surface area contributed by atoms with E-state index in [4.69, 9.17) is 16.3 Å². The summed E-state index contributed by atoms with van der Waals surface area (Å²) in [4.78, 5) is 0. The summed E-state index contributed by atoms with van der Waals surface area (Å²) in [5.41, 5.74) is 0.0193. The molecule has 0 N–H and O–H groups in total. The van der Waals surface area contributed by atoms with Gasteiger partial charge in [0.2, 0.25) is 0 Å². The molecule has 3 heteroatoms. The lowest BCUT2D eigenvalue weighted by molar-refractivity contribution is 0.259. The van der Waals surface area contributed by atoms with Crippen molar-refractivity contribution >= 4 is 35.2 Å². The molecular formula is C25H27ClOSi. The van der Waals surface area contributed by atoms with Crippen molar-refractivity contribution in [3.05, 3.63) is 91.0 Å². The molecule has 1 fully saturated rings. The van der Waals surface area contributed by atoms with Crippen molar-refractivity contribution < 1.29 is 4.74 Å². The average Bonchev–Trinajstić information content (AvgIpc) is 3.48. The van der Waals surface area contributed by atoms with Crippen LogP contribution in [0.1, 0.15) is 20.8 Å². The van der Waals surface area contributed by atoms with E-state index in [9.17, 15) is 0 Å². The summed E-state index contributed by atoms with van der Waals surface area (Å²) < 4.78 is 6.68. The molecule has 2 atom stereocenters. The first-order valence-corrected chi connectivity index (χ1v) is 12.4. The van der Waals surface area contributed by atoms with Crippen LogP contribution in [0.2, 0.25) is 0 Å². The fourth-order valence-electron chi connectivity index (χ4n) is 4.84. The first-order chi connectivity index (χ1) is 13.5. The summed E-state index contributed by atoms with van der Waals surface area (Å²) in [5.74, 6) is 0.486. The van der Waals surface area contributed by atoms with Crippen LogP contribution in [0.15, 0.2) is 91.0 Å². The van der Waals surface area contributed by atoms with Gasteiger partial charge in [-0.1, -0.05) is 112 Å². The van der Waals surface area contributed by atoms with E-state index < -0.39 is 8.07 Å². The minimum atomic E-state index is -2.57. The quantitative estimate of drug-likeness (QED) is 0.269. The minimum Gasteiger partial charge on any atom is -0.367 e. The van der Waals surface area contributed by atoms with Gasteiger partial charge in [-0.3, -0.25) is 0 Å². The van der Waals surface area contributed by atoms with Gasteiger partial charge in [0.15, 0.2) is 8.07 Å². The van der Waals surface area contributed by atoms with Crippen LogP contribution in [-0.4, -0.2) is 25.3 Å². The first-order valence-electron chi connectivity index (χ1n) is 9.87. The van der Waals surface area contributed by atoms with Crippen molar-refractivity contribution in [3.63, 3.8) is 0 Å². The lowest BCUT2D eigenvalue weighted by Gasteiger charge is -2.39. The molecule has 0 amide bonds. The maximum atomic E-state index is 6.80. The summed E-state index contributed by atoms with van der Waals surface area (Å²) in [6.45, 7) is 6.77. The molecule has 28 heavy (non-hydrogen) atoms. The maximum Gasteiger partial charge on any atom is 0.188 e. The summed E-state index contributed by atoms with van der Waals surface area (Å²) >= 11 is 6.80. The molecule has 3 aromatic carbocycles. The summed E-state index contributed by atoms with van der Waals surface area (Å²) in [7, 11) is -2.57. The number of hydrogen-bond donors (Lipinski definition) is 0. The molecule has 1 aliphatic heterocycles. The van der Waals surface area contributed by atoms with Gasteiger partial charge in [0.1, 0.15) is 5.22 Å². The highest BCUT2D eigenvalue weighted by molar-refractivity contribution is 7.14. The Kier molecular flexibility index (Phi) is 4.99. The fourth-order valence-corrected chi connectivity index (χ4v) is 11.5. The Bertz CT molecular complexity index is 824. The number of epoxide rings is 1. The lowest BCUT2D eigenvalue weighted by Crippen LogP contribution is -2.77. The number of benzene rings is 3. The normalized spacial score (nSPS) is 22.1. The Labute approximate surface area is 174 Å². The van der Waals surface area contributed by atoms with Crippen LogP contribution < -0.4 is 15.6 Å². The van der Waals surface area contributed by atoms with Gasteiger partial charge in [-0.2, -0.15) is 0 Å². The standard InChI is InChI=1S/C25H27ClOSi/c1-24(2,3)23-25(19-26,27-23)28(20-13-7-4-8-14-20,21-15-9-5-10-16-21)22-17-11-6-12-18-22/h4-18,23H,19H2,1-3H3. The van der Waals surface area contributed by atoms with Crippen molar-refractivity contribution in [1.29, 1.82) is 0 Å². The largest absolute Gasteiger partial charge is 0.367 e. The van der Waals surface area contributed by atoms with Crippen LogP contribution in [0.3, 0.4) is 0 Å². The Hall–Kier alpha value is -1.87. The Balaban J connectivity index is 2.09. The molecule has 1 saturated heterocycles. The third-order valence-corrected chi connectivity index (χ3v) is 12.0.